The molecule has 1 aromatic carbocycles. The Bertz CT molecular complexity index is 2220. The number of likely N-dealkylation sites (N-methyl/N-ethyl adjacent to an activating group) is 1. The van der Waals surface area contributed by atoms with Gasteiger partial charge in [0, 0.05) is 20.0 Å². The third-order valence-corrected chi connectivity index (χ3v) is 12.5. The Kier molecular flexibility index (Phi) is 21.0. The molecule has 28 heteroatoms. The van der Waals surface area contributed by atoms with E-state index in [1.807, 2.05) is 5.32 Å². The number of guanidine groups is 1. The molecule has 2 aliphatic heterocycles. The lowest BCUT2D eigenvalue weighted by atomic mass is 9.91. The Balaban J connectivity index is 2.29. The van der Waals surface area contributed by atoms with Crippen LogP contribution in [0.3, 0.4) is 0 Å². The van der Waals surface area contributed by atoms with Gasteiger partial charge in [-0.15, -0.1) is 0 Å². The average Bonchev–Trinajstić information content (AvgIpc) is 3.26. The molecule has 11 N–H and O–H groups in total. The Morgan fingerprint density at radius 3 is 2.12 bits per heavy atom. The summed E-state index contributed by atoms with van der Waals surface area (Å²) in [6, 6.07) is -0.897. The van der Waals surface area contributed by atoms with Crippen LogP contribution >= 0.6 is 0 Å². The molecule has 2 fully saturated rings. The van der Waals surface area contributed by atoms with Crippen LogP contribution in [-0.2, 0) is 73.9 Å². The highest BCUT2D eigenvalue weighted by Crippen LogP contribution is 2.28. The number of nitrogens with zero attached hydrogens (tertiary/aromatic N) is 3. The molecule has 2 bridgehead atoms. The number of rotatable bonds is 17. The van der Waals surface area contributed by atoms with E-state index in [1.165, 1.54) is 7.05 Å². The lowest BCUT2D eigenvalue weighted by molar-refractivity contribution is -0.168. The fourth-order valence-electron chi connectivity index (χ4n) is 7.46. The van der Waals surface area contributed by atoms with Crippen LogP contribution in [0, 0.1) is 11.8 Å². The van der Waals surface area contributed by atoms with E-state index < -0.39 is 135 Å². The maximum absolute atomic E-state index is 14.8. The van der Waals surface area contributed by atoms with Gasteiger partial charge in [-0.25, -0.2) is 13.2 Å². The number of hydrogen-bond donors (Lipinski definition) is 9. The largest absolute Gasteiger partial charge is 0.458 e. The Morgan fingerprint density at radius 1 is 0.912 bits per heavy atom. The van der Waals surface area contributed by atoms with Crippen molar-refractivity contribution in [3.63, 3.8) is 0 Å². The Morgan fingerprint density at radius 2 is 1.54 bits per heavy atom. The normalized spacial score (nSPS) is 26.4. The van der Waals surface area contributed by atoms with Crippen LogP contribution in [-0.4, -0.2) is 163 Å². The number of piperidine rings is 1. The molecule has 2 heterocycles. The van der Waals surface area contributed by atoms with Gasteiger partial charge in [0.25, 0.3) is 5.91 Å². The van der Waals surface area contributed by atoms with Crippen molar-refractivity contribution in [2.45, 2.75) is 134 Å². The second-order valence-corrected chi connectivity index (χ2v) is 18.7. The summed E-state index contributed by atoms with van der Waals surface area (Å²) in [6.07, 6.45) is -6.08. The summed E-state index contributed by atoms with van der Waals surface area (Å²) in [5.74, 6) is -9.34. The second-order valence-electron chi connectivity index (χ2n) is 16.6. The van der Waals surface area contributed by atoms with Gasteiger partial charge in [0.05, 0.1) is 0 Å². The number of hydrogen-bond acceptors (Lipinski definition) is 16. The highest BCUT2D eigenvalue weighted by Gasteiger charge is 2.47. The summed E-state index contributed by atoms with van der Waals surface area (Å²) in [4.78, 5) is 106. The van der Waals surface area contributed by atoms with Crippen molar-refractivity contribution >= 4 is 68.2 Å². The maximum Gasteiger partial charge on any atom is 0.398 e. The molecular weight excluding hydrogens is 943 g/mol. The van der Waals surface area contributed by atoms with E-state index in [2.05, 4.69) is 29.3 Å². The fraction of sp³-hybridized carbons (Fsp3) is 0.650. The van der Waals surface area contributed by atoms with Gasteiger partial charge in [-0.1, -0.05) is 70.9 Å². The first-order valence-corrected chi connectivity index (χ1v) is 24.5. The van der Waals surface area contributed by atoms with Gasteiger partial charge in [0.2, 0.25) is 29.5 Å². The number of aliphatic hydroxyl groups excluding tert-OH is 1. The van der Waals surface area contributed by atoms with E-state index in [1.54, 1.807) is 58.0 Å². The van der Waals surface area contributed by atoms with Crippen molar-refractivity contribution in [1.29, 1.82) is 0 Å². The summed E-state index contributed by atoms with van der Waals surface area (Å²) in [7, 11) is -9.61. The maximum atomic E-state index is 14.8. The van der Waals surface area contributed by atoms with Gasteiger partial charge in [-0.3, -0.25) is 42.9 Å². The van der Waals surface area contributed by atoms with E-state index in [-0.39, 0.29) is 51.0 Å². The first kappa shape index (κ1) is 56.8. The van der Waals surface area contributed by atoms with Crippen LogP contribution in [0.4, 0.5) is 0 Å². The highest BCUT2D eigenvalue weighted by molar-refractivity contribution is 7.81. The molecular formula is C40H63N9O17S2. The average molecular weight is 1010 g/mol. The molecule has 0 spiro atoms. The number of esters is 1. The summed E-state index contributed by atoms with van der Waals surface area (Å²) in [5, 5.41) is 21.1. The van der Waals surface area contributed by atoms with Crippen LogP contribution in [0.1, 0.15) is 78.7 Å². The number of nitrogens with one attached hydrogen (secondary N) is 4. The van der Waals surface area contributed by atoms with E-state index in [4.69, 9.17) is 20.8 Å². The Hall–Kier alpha value is -5.52. The number of amides is 6. The molecule has 11 unspecified atom stereocenters. The van der Waals surface area contributed by atoms with E-state index in [0.717, 1.165) is 16.7 Å². The molecule has 0 radical (unpaired) electrons. The number of aliphatic imine (C=N–C) groups is 1. The first-order chi connectivity index (χ1) is 31.7. The minimum Gasteiger partial charge on any atom is -0.458 e. The minimum absolute atomic E-state index is 0.00408. The zero-order valence-electron chi connectivity index (χ0n) is 38.5. The number of cyclic esters (lactones) is 1. The van der Waals surface area contributed by atoms with Gasteiger partial charge in [-0.05, 0) is 50.0 Å². The van der Waals surface area contributed by atoms with Crippen molar-refractivity contribution in [2.75, 3.05) is 20.2 Å². The van der Waals surface area contributed by atoms with Gasteiger partial charge in [0.15, 0.2) is 12.1 Å². The standard InChI is InChI=1S/C40H63N9O17S2/c1-7-21(3)30-39(57)65-23(5)31(47-35(53)28(66-68(61,62)63)20-64-67(58,59)60)36(54)44-25(15-12-18-43-40(41)42)33(51)45-26-16-17-29(50)49(37(26)55)32(22(4)8-2)38(56)48(6)27(34(52)46-30)19-24-13-10-9-11-14-24/h9-11,13-14,21-23,25-32,50H,7-8,12,15-20H2,1-6H3,(H,44,54)(H,45,51)(H,46,52)(H,47,53)(H4,41,42,43)(H,58,59,60)(H,61,62,63). The van der Waals surface area contributed by atoms with Crippen molar-refractivity contribution in [1.82, 2.24) is 31.1 Å². The van der Waals surface area contributed by atoms with Crippen molar-refractivity contribution in [3.05, 3.63) is 35.9 Å². The molecule has 2 aliphatic rings. The minimum atomic E-state index is -5.58. The lowest BCUT2D eigenvalue weighted by Gasteiger charge is -2.44. The molecule has 0 saturated carbocycles. The van der Waals surface area contributed by atoms with Crippen LogP contribution < -0.4 is 32.7 Å². The molecule has 1 aromatic rings. The van der Waals surface area contributed by atoms with Crippen molar-refractivity contribution < 1.29 is 77.7 Å². The van der Waals surface area contributed by atoms with E-state index in [9.17, 15) is 60.1 Å². The van der Waals surface area contributed by atoms with Crippen molar-refractivity contribution in [3.8, 4) is 0 Å². The number of ether oxygens (including phenoxy) is 1. The third-order valence-electron chi connectivity index (χ3n) is 11.6. The molecule has 2 saturated heterocycles. The van der Waals surface area contributed by atoms with Gasteiger partial charge >= 0.3 is 26.8 Å². The van der Waals surface area contributed by atoms with Gasteiger partial charge in [0.1, 0.15) is 55.2 Å². The van der Waals surface area contributed by atoms with Gasteiger partial charge < -0.3 is 52.4 Å². The quantitative estimate of drug-likeness (QED) is 0.0254. The van der Waals surface area contributed by atoms with Gasteiger partial charge in [-0.2, -0.15) is 16.8 Å². The first-order valence-electron chi connectivity index (χ1n) is 21.7. The number of carbonyl (C=O) groups is 7. The predicted octanol–water partition coefficient (Wildman–Crippen LogP) is -2.60. The number of aliphatic hydroxyl groups is 1. The number of carbonyl (C=O) groups excluding carboxylic acids is 7. The molecule has 382 valence electrons. The smallest absolute Gasteiger partial charge is 0.398 e. The molecule has 68 heavy (non-hydrogen) atoms. The third kappa shape index (κ3) is 16.6. The molecule has 3 rings (SSSR count). The highest BCUT2D eigenvalue weighted by atomic mass is 32.3. The van der Waals surface area contributed by atoms with Crippen LogP contribution in [0.25, 0.3) is 0 Å². The van der Waals surface area contributed by atoms with E-state index >= 15 is 0 Å². The summed E-state index contributed by atoms with van der Waals surface area (Å²) < 4.78 is 78.6. The number of benzene rings is 1. The lowest BCUT2D eigenvalue weighted by Crippen LogP contribution is -2.66. The summed E-state index contributed by atoms with van der Waals surface area (Å²) in [6.45, 7) is 6.10. The second kappa shape index (κ2) is 25.2. The number of nitrogens with two attached hydrogens (primary N) is 2. The van der Waals surface area contributed by atoms with Crippen LogP contribution in [0.5, 0.6) is 0 Å². The zero-order valence-corrected chi connectivity index (χ0v) is 40.1. The van der Waals surface area contributed by atoms with Crippen LogP contribution in [0.2, 0.25) is 0 Å². The topological polar surface area (TPSA) is 395 Å². The molecule has 0 aromatic heterocycles. The van der Waals surface area contributed by atoms with E-state index in [0.29, 0.717) is 12.0 Å². The monoisotopic (exact) mass is 1010 g/mol. The molecule has 0 aliphatic carbocycles. The molecule has 6 amide bonds. The molecule has 11 atom stereocenters. The fourth-order valence-corrected chi connectivity index (χ4v) is 8.19. The SMILES string of the molecule is CCC(C)C1NC(=O)C(Cc2ccccc2)N(C)C(=O)C(C(C)CC)N2C(=O)C(CCC2O)NC(=O)C(CCCN=C(N)N)NC(=O)C(NC(=O)C(COS(=O)(=O)O)OS(=O)(=O)O)C(C)OC1=O. The summed E-state index contributed by atoms with van der Waals surface area (Å²) >= 11 is 0. The zero-order chi connectivity index (χ0) is 51.3. The van der Waals surface area contributed by atoms with Crippen molar-refractivity contribution in [2.24, 2.45) is 28.3 Å². The number of fused-ring (bicyclic) bond motifs is 2. The predicted molar refractivity (Wildman–Crippen MR) is 239 cm³/mol. The molecule has 26 nitrogen and oxygen atoms in total. The van der Waals surface area contributed by atoms with Crippen LogP contribution in [0.15, 0.2) is 35.3 Å². The Labute approximate surface area is 394 Å². The summed E-state index contributed by atoms with van der Waals surface area (Å²) in [5.41, 5.74) is 11.5.